The van der Waals surface area contributed by atoms with Crippen molar-refractivity contribution >= 4 is 28.2 Å². The first-order valence-corrected chi connectivity index (χ1v) is 13.7. The van der Waals surface area contributed by atoms with E-state index < -0.39 is 0 Å². The zero-order valence-corrected chi connectivity index (χ0v) is 22.5. The van der Waals surface area contributed by atoms with Gasteiger partial charge in [0, 0.05) is 57.4 Å². The van der Waals surface area contributed by atoms with Gasteiger partial charge in [-0.1, -0.05) is 30.3 Å². The van der Waals surface area contributed by atoms with Crippen molar-refractivity contribution in [2.45, 2.75) is 64.0 Å². The Bertz CT molecular complexity index is 1180. The molecular formula is C30H42N6. The third kappa shape index (κ3) is 5.44. The van der Waals surface area contributed by atoms with Crippen LogP contribution in [0.5, 0.6) is 0 Å². The summed E-state index contributed by atoms with van der Waals surface area (Å²) in [4.78, 5) is 14.2. The first-order chi connectivity index (χ1) is 17.5. The van der Waals surface area contributed by atoms with Crippen LogP contribution in [0.25, 0.3) is 10.8 Å². The van der Waals surface area contributed by atoms with Crippen LogP contribution in [0, 0.1) is 5.92 Å². The normalized spacial score (nSPS) is 19.7. The summed E-state index contributed by atoms with van der Waals surface area (Å²) in [5.74, 6) is 2.66. The number of fused-ring (bicyclic) bond motifs is 2. The number of hydrogen-bond donors (Lipinski definition) is 2. The van der Waals surface area contributed by atoms with Gasteiger partial charge in [0.1, 0.15) is 5.82 Å². The lowest BCUT2D eigenvalue weighted by Gasteiger charge is -2.30. The fraction of sp³-hybridized carbons (Fsp3) is 0.533. The maximum atomic E-state index is 4.93. The Morgan fingerprint density at radius 1 is 0.833 bits per heavy atom. The Hall–Kier alpha value is -2.86. The monoisotopic (exact) mass is 486 g/mol. The highest BCUT2D eigenvalue weighted by Gasteiger charge is 2.24. The molecule has 1 heterocycles. The van der Waals surface area contributed by atoms with Crippen LogP contribution in [0.3, 0.4) is 0 Å². The number of nitrogens with one attached hydrogen (secondary N) is 2. The molecular weight excluding hydrogens is 444 g/mol. The van der Waals surface area contributed by atoms with Crippen molar-refractivity contribution in [3.63, 3.8) is 0 Å². The van der Waals surface area contributed by atoms with Crippen LogP contribution in [0.1, 0.15) is 55.3 Å². The lowest BCUT2D eigenvalue weighted by Crippen LogP contribution is -2.32. The molecule has 0 aliphatic heterocycles. The van der Waals surface area contributed by atoms with Crippen LogP contribution in [-0.4, -0.2) is 50.7 Å². The van der Waals surface area contributed by atoms with Crippen LogP contribution in [0.4, 0.5) is 17.5 Å². The van der Waals surface area contributed by atoms with Crippen LogP contribution in [-0.2, 0) is 19.4 Å². The summed E-state index contributed by atoms with van der Waals surface area (Å²) in [5, 5.41) is 10.1. The van der Waals surface area contributed by atoms with Gasteiger partial charge >= 0.3 is 0 Å². The molecule has 1 saturated carbocycles. The summed E-state index contributed by atoms with van der Waals surface area (Å²) in [6.45, 7) is 2.00. The number of benzene rings is 2. The lowest BCUT2D eigenvalue weighted by molar-refractivity contribution is 0.324. The molecule has 3 aromatic rings. The van der Waals surface area contributed by atoms with Crippen LogP contribution in [0.2, 0.25) is 0 Å². The smallest absolute Gasteiger partial charge is 0.225 e. The summed E-state index contributed by atoms with van der Waals surface area (Å²) in [6.07, 6.45) is 9.54. The molecule has 0 bridgehead atoms. The van der Waals surface area contributed by atoms with Gasteiger partial charge in [0.25, 0.3) is 0 Å². The van der Waals surface area contributed by atoms with E-state index >= 15 is 0 Å². The van der Waals surface area contributed by atoms with E-state index in [9.17, 15) is 0 Å². The molecule has 2 N–H and O–H groups in total. The average Bonchev–Trinajstić information content (AvgIpc) is 2.89. The van der Waals surface area contributed by atoms with Gasteiger partial charge in [-0.05, 0) is 80.8 Å². The molecule has 0 atom stereocenters. The molecule has 192 valence electrons. The summed E-state index contributed by atoms with van der Waals surface area (Å²) >= 11 is 0. The molecule has 1 aromatic heterocycles. The second-order valence-corrected chi connectivity index (χ2v) is 11.1. The second kappa shape index (κ2) is 11.0. The molecule has 2 aliphatic carbocycles. The maximum absolute atomic E-state index is 4.93. The predicted octanol–water partition coefficient (Wildman–Crippen LogP) is 5.40. The topological polar surface area (TPSA) is 56.3 Å². The van der Waals surface area contributed by atoms with Gasteiger partial charge < -0.3 is 20.4 Å². The van der Waals surface area contributed by atoms with E-state index in [-0.39, 0.29) is 0 Å². The van der Waals surface area contributed by atoms with Crippen molar-refractivity contribution in [2.24, 2.45) is 5.92 Å². The van der Waals surface area contributed by atoms with Crippen molar-refractivity contribution in [2.75, 3.05) is 49.9 Å². The van der Waals surface area contributed by atoms with E-state index in [1.807, 2.05) is 0 Å². The number of aryl methyl sites for hydroxylation is 1. The molecule has 36 heavy (non-hydrogen) atoms. The Morgan fingerprint density at radius 3 is 2.33 bits per heavy atom. The zero-order chi connectivity index (χ0) is 25.1. The molecule has 1 fully saturated rings. The summed E-state index contributed by atoms with van der Waals surface area (Å²) < 4.78 is 0. The minimum absolute atomic E-state index is 0.473. The standard InChI is InChI=1S/C30H42N6/c1-35(2)28-18-15-22(24-9-5-6-10-25(24)28)20-31-19-21-13-16-23(17-14-21)32-30-33-27-12-8-7-11-26(27)29(34-30)36(3)4/h5-6,9-10,15,18,21,23,31H,7-8,11-14,16-17,19-20H2,1-4H3,(H,32,33,34). The Labute approximate surface area is 216 Å². The van der Waals surface area contributed by atoms with E-state index in [1.54, 1.807) is 0 Å². The molecule has 6 heteroatoms. The van der Waals surface area contributed by atoms with Gasteiger partial charge in [0.15, 0.2) is 0 Å². The first-order valence-electron chi connectivity index (χ1n) is 13.7. The van der Waals surface area contributed by atoms with Crippen molar-refractivity contribution < 1.29 is 0 Å². The highest BCUT2D eigenvalue weighted by Crippen LogP contribution is 2.31. The van der Waals surface area contributed by atoms with Crippen LogP contribution < -0.4 is 20.4 Å². The number of anilines is 3. The lowest BCUT2D eigenvalue weighted by atomic mass is 9.86. The quantitative estimate of drug-likeness (QED) is 0.445. The number of rotatable bonds is 8. The third-order valence-electron chi connectivity index (χ3n) is 7.99. The molecule has 0 amide bonds. The van der Waals surface area contributed by atoms with Gasteiger partial charge in [-0.2, -0.15) is 4.98 Å². The van der Waals surface area contributed by atoms with Crippen LogP contribution in [0.15, 0.2) is 36.4 Å². The minimum atomic E-state index is 0.473. The van der Waals surface area contributed by atoms with Crippen molar-refractivity contribution in [1.29, 1.82) is 0 Å². The number of nitrogens with zero attached hydrogens (tertiary/aromatic N) is 4. The van der Waals surface area contributed by atoms with Gasteiger partial charge in [-0.3, -0.25) is 0 Å². The van der Waals surface area contributed by atoms with E-state index in [4.69, 9.17) is 9.97 Å². The average molecular weight is 487 g/mol. The SMILES string of the molecule is CN(C)c1nc(NC2CCC(CNCc3ccc(N(C)C)c4ccccc34)CC2)nc2c1CCCC2. The molecule has 2 aromatic carbocycles. The zero-order valence-electron chi connectivity index (χ0n) is 22.5. The molecule has 0 radical (unpaired) electrons. The fourth-order valence-electron chi connectivity index (χ4n) is 6.00. The first kappa shape index (κ1) is 24.8. The second-order valence-electron chi connectivity index (χ2n) is 11.1. The van der Waals surface area contributed by atoms with Crippen molar-refractivity contribution in [3.05, 3.63) is 53.2 Å². The van der Waals surface area contributed by atoms with Crippen molar-refractivity contribution in [1.82, 2.24) is 15.3 Å². The summed E-state index contributed by atoms with van der Waals surface area (Å²) in [7, 11) is 8.42. The van der Waals surface area contributed by atoms with Crippen LogP contribution >= 0.6 is 0 Å². The Kier molecular flexibility index (Phi) is 7.61. The van der Waals surface area contributed by atoms with Gasteiger partial charge in [0.2, 0.25) is 5.95 Å². The van der Waals surface area contributed by atoms with E-state index in [0.29, 0.717) is 6.04 Å². The van der Waals surface area contributed by atoms with E-state index in [0.717, 1.165) is 43.6 Å². The molecule has 6 nitrogen and oxygen atoms in total. The highest BCUT2D eigenvalue weighted by atomic mass is 15.2. The van der Waals surface area contributed by atoms with Gasteiger partial charge in [0.05, 0.1) is 5.69 Å². The molecule has 0 saturated heterocycles. The van der Waals surface area contributed by atoms with Crippen molar-refractivity contribution in [3.8, 4) is 0 Å². The fourth-order valence-corrected chi connectivity index (χ4v) is 6.00. The summed E-state index contributed by atoms with van der Waals surface area (Å²) in [6, 6.07) is 13.8. The molecule has 5 rings (SSSR count). The third-order valence-corrected chi connectivity index (χ3v) is 7.99. The Morgan fingerprint density at radius 2 is 1.58 bits per heavy atom. The molecule has 0 unspecified atom stereocenters. The predicted molar refractivity (Wildman–Crippen MR) is 152 cm³/mol. The highest BCUT2D eigenvalue weighted by molar-refractivity contribution is 5.96. The molecule has 0 spiro atoms. The van der Waals surface area contributed by atoms with E-state index in [2.05, 4.69) is 85.0 Å². The largest absolute Gasteiger partial charge is 0.377 e. The number of hydrogen-bond acceptors (Lipinski definition) is 6. The molecule has 2 aliphatic rings. The van der Waals surface area contributed by atoms with Gasteiger partial charge in [-0.25, -0.2) is 4.98 Å². The number of aromatic nitrogens is 2. The Balaban J connectivity index is 1.14. The van der Waals surface area contributed by atoms with Gasteiger partial charge in [-0.15, -0.1) is 0 Å². The van der Waals surface area contributed by atoms with E-state index in [1.165, 1.54) is 71.8 Å². The summed E-state index contributed by atoms with van der Waals surface area (Å²) in [5.41, 5.74) is 5.27. The maximum Gasteiger partial charge on any atom is 0.225 e. The minimum Gasteiger partial charge on any atom is -0.377 e.